The van der Waals surface area contributed by atoms with E-state index in [9.17, 15) is 5.11 Å². The Hall–Kier alpha value is -0.490. The molecule has 1 aliphatic rings. The molecule has 2 heterocycles. The number of nitrogens with one attached hydrogen (secondary N) is 2. The average Bonchev–Trinajstić information content (AvgIpc) is 2.84. The molecule has 1 aromatic rings. The lowest BCUT2D eigenvalue weighted by molar-refractivity contribution is 0.193. The smallest absolute Gasteiger partial charge is 0.0794 e. The maximum absolute atomic E-state index is 9.31. The second kappa shape index (κ2) is 5.55. The fourth-order valence-corrected chi connectivity index (χ4v) is 2.40. The Morgan fingerprint density at radius 1 is 1.67 bits per heavy atom. The van der Waals surface area contributed by atoms with Crippen LogP contribution >= 0.6 is 11.3 Å². The third-order valence-electron chi connectivity index (χ3n) is 2.63. The molecule has 3 N–H and O–H groups in total. The van der Waals surface area contributed by atoms with Gasteiger partial charge in [-0.05, 0) is 6.42 Å². The predicted octanol–water partition coefficient (Wildman–Crippen LogP) is -0.00200. The topological polar surface area (TPSA) is 57.2 Å². The Bertz CT molecular complexity index is 278. The van der Waals surface area contributed by atoms with Gasteiger partial charge in [-0.2, -0.15) is 0 Å². The Kier molecular flexibility index (Phi) is 4.08. The molecule has 1 fully saturated rings. The first-order chi connectivity index (χ1) is 7.34. The summed E-state index contributed by atoms with van der Waals surface area (Å²) in [5.74, 6) is 0. The highest BCUT2D eigenvalue weighted by atomic mass is 32.1. The van der Waals surface area contributed by atoms with Crippen molar-refractivity contribution in [1.82, 2.24) is 15.6 Å². The molecule has 2 rings (SSSR count). The van der Waals surface area contributed by atoms with Gasteiger partial charge in [-0.15, -0.1) is 11.3 Å². The van der Waals surface area contributed by atoms with Gasteiger partial charge in [-0.1, -0.05) is 0 Å². The van der Waals surface area contributed by atoms with Crippen LogP contribution in [0.4, 0.5) is 0 Å². The van der Waals surface area contributed by atoms with E-state index in [0.29, 0.717) is 6.04 Å². The van der Waals surface area contributed by atoms with Gasteiger partial charge < -0.3 is 15.7 Å². The Morgan fingerprint density at radius 3 is 3.27 bits per heavy atom. The van der Waals surface area contributed by atoms with Gasteiger partial charge in [0.25, 0.3) is 0 Å². The molecule has 1 aliphatic heterocycles. The largest absolute Gasteiger partial charge is 0.392 e. The van der Waals surface area contributed by atoms with Crippen molar-refractivity contribution < 1.29 is 5.11 Å². The number of aliphatic hydroxyl groups is 1. The monoisotopic (exact) mass is 227 g/mol. The van der Waals surface area contributed by atoms with Crippen LogP contribution in [0.3, 0.4) is 0 Å². The average molecular weight is 227 g/mol. The molecule has 1 aromatic heterocycles. The fraction of sp³-hybridized carbons (Fsp3) is 0.700. The van der Waals surface area contributed by atoms with Crippen molar-refractivity contribution in [3.63, 3.8) is 0 Å². The molecule has 4 nitrogen and oxygen atoms in total. The van der Waals surface area contributed by atoms with E-state index in [1.807, 2.05) is 5.51 Å². The van der Waals surface area contributed by atoms with Crippen molar-refractivity contribution in [2.75, 3.05) is 19.6 Å². The van der Waals surface area contributed by atoms with Crippen LogP contribution in [0.15, 0.2) is 10.9 Å². The summed E-state index contributed by atoms with van der Waals surface area (Å²) in [6.45, 7) is 2.62. The highest BCUT2D eigenvalue weighted by Crippen LogP contribution is 2.05. The van der Waals surface area contributed by atoms with E-state index in [1.54, 1.807) is 11.3 Å². The lowest BCUT2D eigenvalue weighted by atomic mass is 10.2. The number of hydrogen-bond acceptors (Lipinski definition) is 5. The summed E-state index contributed by atoms with van der Waals surface area (Å²) in [5, 5.41) is 18.0. The lowest BCUT2D eigenvalue weighted by Gasteiger charge is -2.10. The SMILES string of the molecule is OC1CNC(CNCCc2cscn2)C1. The van der Waals surface area contributed by atoms with E-state index in [1.165, 1.54) is 0 Å². The van der Waals surface area contributed by atoms with Gasteiger partial charge in [0.15, 0.2) is 0 Å². The standard InChI is InChI=1S/C10H17N3OS/c14-10-3-9(12-5-10)4-11-2-1-8-6-15-7-13-8/h6-7,9-12,14H,1-5H2. The van der Waals surface area contributed by atoms with Crippen LogP contribution < -0.4 is 10.6 Å². The molecule has 0 bridgehead atoms. The number of aromatic nitrogens is 1. The number of rotatable bonds is 5. The molecule has 0 saturated carbocycles. The molecule has 1 saturated heterocycles. The second-order valence-corrected chi connectivity index (χ2v) is 4.65. The quantitative estimate of drug-likeness (QED) is 0.620. The Labute approximate surface area is 93.7 Å². The van der Waals surface area contributed by atoms with Crippen LogP contribution in [0.5, 0.6) is 0 Å². The minimum Gasteiger partial charge on any atom is -0.392 e. The molecular weight excluding hydrogens is 210 g/mol. The molecule has 0 spiro atoms. The summed E-state index contributed by atoms with van der Waals surface area (Å²) in [7, 11) is 0. The van der Waals surface area contributed by atoms with E-state index in [-0.39, 0.29) is 6.10 Å². The second-order valence-electron chi connectivity index (χ2n) is 3.93. The van der Waals surface area contributed by atoms with Crippen LogP contribution in [-0.4, -0.2) is 41.9 Å². The zero-order valence-corrected chi connectivity index (χ0v) is 9.46. The third-order valence-corrected chi connectivity index (χ3v) is 3.27. The van der Waals surface area contributed by atoms with Gasteiger partial charge in [0, 0.05) is 37.5 Å². The summed E-state index contributed by atoms with van der Waals surface area (Å²) in [6, 6.07) is 0.426. The van der Waals surface area contributed by atoms with Crippen LogP contribution in [0.1, 0.15) is 12.1 Å². The number of nitrogens with zero attached hydrogens (tertiary/aromatic N) is 1. The van der Waals surface area contributed by atoms with Gasteiger partial charge >= 0.3 is 0 Å². The molecule has 84 valence electrons. The van der Waals surface area contributed by atoms with Gasteiger partial charge in [-0.25, -0.2) is 4.98 Å². The van der Waals surface area contributed by atoms with Gasteiger partial charge in [-0.3, -0.25) is 0 Å². The van der Waals surface area contributed by atoms with Crippen LogP contribution in [0.2, 0.25) is 0 Å². The summed E-state index contributed by atoms with van der Waals surface area (Å²) < 4.78 is 0. The van der Waals surface area contributed by atoms with E-state index in [4.69, 9.17) is 0 Å². The highest BCUT2D eigenvalue weighted by molar-refractivity contribution is 7.07. The number of aliphatic hydroxyl groups excluding tert-OH is 1. The van der Waals surface area contributed by atoms with Gasteiger partial charge in [0.2, 0.25) is 0 Å². The predicted molar refractivity (Wildman–Crippen MR) is 61.1 cm³/mol. The van der Waals surface area contributed by atoms with Crippen molar-refractivity contribution in [2.45, 2.75) is 25.0 Å². The van der Waals surface area contributed by atoms with Crippen LogP contribution in [0, 0.1) is 0 Å². The minimum atomic E-state index is -0.157. The molecule has 0 aromatic carbocycles. The maximum atomic E-state index is 9.31. The zero-order valence-electron chi connectivity index (χ0n) is 8.65. The zero-order chi connectivity index (χ0) is 10.5. The maximum Gasteiger partial charge on any atom is 0.0794 e. The highest BCUT2D eigenvalue weighted by Gasteiger charge is 2.20. The van der Waals surface area contributed by atoms with Crippen LogP contribution in [-0.2, 0) is 6.42 Å². The fourth-order valence-electron chi connectivity index (χ4n) is 1.81. The molecule has 5 heteroatoms. The normalized spacial score (nSPS) is 25.9. The number of hydrogen-bond donors (Lipinski definition) is 3. The number of thiazole rings is 1. The molecule has 2 unspecified atom stereocenters. The third kappa shape index (κ3) is 3.53. The van der Waals surface area contributed by atoms with Crippen molar-refractivity contribution in [2.24, 2.45) is 0 Å². The number of β-amino-alcohol motifs (C(OH)–C–C–N with tert-alkyl or cyclic N) is 1. The van der Waals surface area contributed by atoms with Crippen molar-refractivity contribution >= 4 is 11.3 Å². The first-order valence-corrected chi connectivity index (χ1v) is 6.28. The lowest BCUT2D eigenvalue weighted by Crippen LogP contribution is -2.34. The van der Waals surface area contributed by atoms with Crippen molar-refractivity contribution in [3.8, 4) is 0 Å². The van der Waals surface area contributed by atoms with Gasteiger partial charge in [0.1, 0.15) is 0 Å². The van der Waals surface area contributed by atoms with Crippen molar-refractivity contribution in [1.29, 1.82) is 0 Å². The summed E-state index contributed by atoms with van der Waals surface area (Å²) in [6.07, 6.45) is 1.69. The summed E-state index contributed by atoms with van der Waals surface area (Å²) >= 11 is 1.64. The Balaban J connectivity index is 1.55. The van der Waals surface area contributed by atoms with E-state index in [2.05, 4.69) is 21.0 Å². The molecule has 0 radical (unpaired) electrons. The molecule has 15 heavy (non-hydrogen) atoms. The van der Waals surface area contributed by atoms with E-state index < -0.39 is 0 Å². The summed E-state index contributed by atoms with van der Waals surface area (Å²) in [4.78, 5) is 4.22. The van der Waals surface area contributed by atoms with E-state index >= 15 is 0 Å². The summed E-state index contributed by atoms with van der Waals surface area (Å²) in [5.41, 5.74) is 3.02. The van der Waals surface area contributed by atoms with Crippen LogP contribution in [0.25, 0.3) is 0 Å². The first-order valence-electron chi connectivity index (χ1n) is 5.34. The van der Waals surface area contributed by atoms with E-state index in [0.717, 1.165) is 38.2 Å². The molecule has 0 amide bonds. The minimum absolute atomic E-state index is 0.157. The first kappa shape index (κ1) is 11.0. The molecule has 2 atom stereocenters. The molecular formula is C10H17N3OS. The molecule has 0 aliphatic carbocycles. The Morgan fingerprint density at radius 2 is 2.60 bits per heavy atom. The van der Waals surface area contributed by atoms with Gasteiger partial charge in [0.05, 0.1) is 17.3 Å². The van der Waals surface area contributed by atoms with Crippen molar-refractivity contribution in [3.05, 3.63) is 16.6 Å².